The van der Waals surface area contributed by atoms with Crippen LogP contribution in [0, 0.1) is 5.92 Å². The highest BCUT2D eigenvalue weighted by atomic mass is 16.7. The van der Waals surface area contributed by atoms with Gasteiger partial charge in [-0.1, -0.05) is 32.0 Å². The summed E-state index contributed by atoms with van der Waals surface area (Å²) in [6, 6.07) is 7.54. The zero-order chi connectivity index (χ0) is 12.3. The number of benzene rings is 1. The van der Waals surface area contributed by atoms with E-state index < -0.39 is 0 Å². The summed E-state index contributed by atoms with van der Waals surface area (Å²) >= 11 is 0. The minimum absolute atomic E-state index is 0.180. The van der Waals surface area contributed by atoms with Gasteiger partial charge in [-0.2, -0.15) is 0 Å². The summed E-state index contributed by atoms with van der Waals surface area (Å²) in [5, 5.41) is 0. The van der Waals surface area contributed by atoms with Gasteiger partial charge in [0.15, 0.2) is 12.1 Å². The van der Waals surface area contributed by atoms with Crippen molar-refractivity contribution < 1.29 is 14.3 Å². The van der Waals surface area contributed by atoms with E-state index in [0.717, 1.165) is 11.1 Å². The Morgan fingerprint density at radius 1 is 1.35 bits per heavy atom. The van der Waals surface area contributed by atoms with Crippen LogP contribution in [0.1, 0.15) is 42.5 Å². The van der Waals surface area contributed by atoms with E-state index in [9.17, 15) is 4.79 Å². The highest BCUT2D eigenvalue weighted by Crippen LogP contribution is 2.24. The maximum Gasteiger partial charge on any atom is 0.184 e. The van der Waals surface area contributed by atoms with Gasteiger partial charge in [-0.3, -0.25) is 4.79 Å². The second-order valence-corrected chi connectivity index (χ2v) is 4.72. The van der Waals surface area contributed by atoms with Gasteiger partial charge in [0.2, 0.25) is 0 Å². The van der Waals surface area contributed by atoms with Crippen molar-refractivity contribution in [3.8, 4) is 0 Å². The third kappa shape index (κ3) is 3.14. The average Bonchev–Trinajstić information content (AvgIpc) is 2.82. The molecule has 1 aliphatic heterocycles. The normalized spacial score (nSPS) is 16.6. The molecule has 0 aromatic heterocycles. The summed E-state index contributed by atoms with van der Waals surface area (Å²) in [6.45, 7) is 5.33. The number of rotatable bonds is 4. The molecule has 1 heterocycles. The summed E-state index contributed by atoms with van der Waals surface area (Å²) in [6.07, 6.45) is 0.275. The van der Waals surface area contributed by atoms with Gasteiger partial charge in [0.25, 0.3) is 0 Å². The van der Waals surface area contributed by atoms with Gasteiger partial charge in [0.05, 0.1) is 13.2 Å². The van der Waals surface area contributed by atoms with Crippen molar-refractivity contribution in [3.63, 3.8) is 0 Å². The van der Waals surface area contributed by atoms with Gasteiger partial charge in [-0.05, 0) is 12.0 Å². The smallest absolute Gasteiger partial charge is 0.184 e. The SMILES string of the molecule is CC(C)CC(=O)c1cccc(C2OCCO2)c1. The standard InChI is InChI=1S/C14H18O3/c1-10(2)8-13(15)11-4-3-5-12(9-11)14-16-6-7-17-14/h3-5,9-10,14H,6-8H2,1-2H3. The first-order chi connectivity index (χ1) is 8.16. The van der Waals surface area contributed by atoms with Crippen LogP contribution in [0.3, 0.4) is 0 Å². The number of ether oxygens (including phenoxy) is 2. The molecule has 1 aromatic carbocycles. The second-order valence-electron chi connectivity index (χ2n) is 4.72. The Hall–Kier alpha value is -1.19. The Bertz CT molecular complexity index is 392. The molecule has 0 N–H and O–H groups in total. The summed E-state index contributed by atoms with van der Waals surface area (Å²) in [5.74, 6) is 0.560. The predicted octanol–water partition coefficient (Wildman–Crippen LogP) is 2.96. The van der Waals surface area contributed by atoms with Crippen LogP contribution in [-0.4, -0.2) is 19.0 Å². The monoisotopic (exact) mass is 234 g/mol. The predicted molar refractivity (Wildman–Crippen MR) is 64.9 cm³/mol. The Labute approximate surface area is 102 Å². The Morgan fingerprint density at radius 3 is 2.71 bits per heavy atom. The van der Waals surface area contributed by atoms with Gasteiger partial charge in [0, 0.05) is 17.5 Å². The van der Waals surface area contributed by atoms with E-state index in [1.165, 1.54) is 0 Å². The first-order valence-corrected chi connectivity index (χ1v) is 6.03. The van der Waals surface area contributed by atoms with E-state index in [0.29, 0.717) is 25.6 Å². The van der Waals surface area contributed by atoms with E-state index >= 15 is 0 Å². The van der Waals surface area contributed by atoms with E-state index in [-0.39, 0.29) is 12.1 Å². The van der Waals surface area contributed by atoms with Gasteiger partial charge < -0.3 is 9.47 Å². The third-order valence-electron chi connectivity index (χ3n) is 2.70. The van der Waals surface area contributed by atoms with Crippen LogP contribution >= 0.6 is 0 Å². The number of Topliss-reactive ketones (excluding diaryl/α,β-unsaturated/α-hetero) is 1. The first-order valence-electron chi connectivity index (χ1n) is 6.03. The highest BCUT2D eigenvalue weighted by molar-refractivity contribution is 5.96. The summed E-state index contributed by atoms with van der Waals surface area (Å²) < 4.78 is 10.8. The molecular formula is C14H18O3. The van der Waals surface area contributed by atoms with Crippen molar-refractivity contribution in [2.45, 2.75) is 26.6 Å². The first kappa shape index (κ1) is 12.3. The molecule has 0 radical (unpaired) electrons. The fourth-order valence-corrected chi connectivity index (χ4v) is 1.90. The third-order valence-corrected chi connectivity index (χ3v) is 2.70. The lowest BCUT2D eigenvalue weighted by Crippen LogP contribution is -2.05. The average molecular weight is 234 g/mol. The minimum atomic E-state index is -0.304. The van der Waals surface area contributed by atoms with Crippen molar-refractivity contribution in [3.05, 3.63) is 35.4 Å². The van der Waals surface area contributed by atoms with Crippen LogP contribution in [0.5, 0.6) is 0 Å². The van der Waals surface area contributed by atoms with E-state index in [2.05, 4.69) is 0 Å². The fourth-order valence-electron chi connectivity index (χ4n) is 1.90. The minimum Gasteiger partial charge on any atom is -0.346 e. The molecule has 1 aliphatic rings. The van der Waals surface area contributed by atoms with Crippen LogP contribution in [0.4, 0.5) is 0 Å². The zero-order valence-electron chi connectivity index (χ0n) is 10.3. The molecule has 3 nitrogen and oxygen atoms in total. The molecule has 1 aromatic rings. The largest absolute Gasteiger partial charge is 0.346 e. The Morgan fingerprint density at radius 2 is 2.06 bits per heavy atom. The molecule has 1 saturated heterocycles. The number of hydrogen-bond acceptors (Lipinski definition) is 3. The fraction of sp³-hybridized carbons (Fsp3) is 0.500. The topological polar surface area (TPSA) is 35.5 Å². The lowest BCUT2D eigenvalue weighted by molar-refractivity contribution is -0.0441. The van der Waals surface area contributed by atoms with Crippen LogP contribution in [0.25, 0.3) is 0 Å². The van der Waals surface area contributed by atoms with E-state index in [1.54, 1.807) is 0 Å². The summed E-state index contributed by atoms with van der Waals surface area (Å²) in [5.41, 5.74) is 1.67. The van der Waals surface area contributed by atoms with Gasteiger partial charge in [-0.25, -0.2) is 0 Å². The molecule has 0 unspecified atom stereocenters. The van der Waals surface area contributed by atoms with Crippen molar-refractivity contribution in [1.82, 2.24) is 0 Å². The molecular weight excluding hydrogens is 216 g/mol. The lowest BCUT2D eigenvalue weighted by Gasteiger charge is -2.11. The highest BCUT2D eigenvalue weighted by Gasteiger charge is 2.19. The van der Waals surface area contributed by atoms with E-state index in [4.69, 9.17) is 9.47 Å². The molecule has 2 rings (SSSR count). The molecule has 1 fully saturated rings. The Kier molecular flexibility index (Phi) is 3.92. The molecule has 3 heteroatoms. The van der Waals surface area contributed by atoms with Gasteiger partial charge in [-0.15, -0.1) is 0 Å². The van der Waals surface area contributed by atoms with Crippen molar-refractivity contribution in [1.29, 1.82) is 0 Å². The van der Waals surface area contributed by atoms with Crippen LogP contribution in [0.15, 0.2) is 24.3 Å². The van der Waals surface area contributed by atoms with Crippen LogP contribution < -0.4 is 0 Å². The molecule has 17 heavy (non-hydrogen) atoms. The molecule has 0 bridgehead atoms. The molecule has 92 valence electrons. The summed E-state index contributed by atoms with van der Waals surface area (Å²) in [7, 11) is 0. The lowest BCUT2D eigenvalue weighted by atomic mass is 9.99. The van der Waals surface area contributed by atoms with Gasteiger partial charge in [0.1, 0.15) is 0 Å². The maximum absolute atomic E-state index is 11.9. The second kappa shape index (κ2) is 5.43. The molecule has 0 amide bonds. The number of carbonyl (C=O) groups excluding carboxylic acids is 1. The Balaban J connectivity index is 2.13. The zero-order valence-corrected chi connectivity index (χ0v) is 10.3. The summed E-state index contributed by atoms with van der Waals surface area (Å²) in [4.78, 5) is 11.9. The molecule has 0 aliphatic carbocycles. The maximum atomic E-state index is 11.9. The van der Waals surface area contributed by atoms with Crippen LogP contribution in [0.2, 0.25) is 0 Å². The number of carbonyl (C=O) groups is 1. The van der Waals surface area contributed by atoms with Crippen molar-refractivity contribution in [2.75, 3.05) is 13.2 Å². The van der Waals surface area contributed by atoms with Crippen LogP contribution in [-0.2, 0) is 9.47 Å². The van der Waals surface area contributed by atoms with Crippen molar-refractivity contribution >= 4 is 5.78 Å². The quantitative estimate of drug-likeness (QED) is 0.751. The van der Waals surface area contributed by atoms with Crippen molar-refractivity contribution in [2.24, 2.45) is 5.92 Å². The molecule has 0 atom stereocenters. The number of hydrogen-bond donors (Lipinski definition) is 0. The van der Waals surface area contributed by atoms with Gasteiger partial charge >= 0.3 is 0 Å². The molecule has 0 spiro atoms. The molecule has 0 saturated carbocycles. The van der Waals surface area contributed by atoms with E-state index in [1.807, 2.05) is 38.1 Å². The number of ketones is 1.